The second-order valence-electron chi connectivity index (χ2n) is 5.99. The number of nitrogens with two attached hydrogens (primary N) is 1. The lowest BCUT2D eigenvalue weighted by Gasteiger charge is -2.08. The molecule has 3 rings (SSSR count). The van der Waals surface area contributed by atoms with Gasteiger partial charge < -0.3 is 15.8 Å². The van der Waals surface area contributed by atoms with E-state index in [1.165, 1.54) is 11.1 Å². The van der Waals surface area contributed by atoms with Gasteiger partial charge in [-0.1, -0.05) is 18.2 Å². The maximum absolute atomic E-state index is 5.86. The number of benzene rings is 2. The number of methoxy groups -OCH3 is 1. The summed E-state index contributed by atoms with van der Waals surface area (Å²) in [5.41, 5.74) is 10.4. The lowest BCUT2D eigenvalue weighted by molar-refractivity contribution is 0.414. The minimum atomic E-state index is 0. The molecule has 0 aliphatic carbocycles. The molecule has 1 heterocycles. The predicted octanol–water partition coefficient (Wildman–Crippen LogP) is 3.89. The molecule has 0 aliphatic rings. The fraction of sp³-hybridized carbons (Fsp3) is 0.250. The normalized spacial score (nSPS) is 10.5. The maximum atomic E-state index is 5.86. The number of nitrogens with one attached hydrogen (secondary N) is 1. The number of pyridine rings is 1. The minimum Gasteiger partial charge on any atom is -0.497 e. The van der Waals surface area contributed by atoms with Crippen molar-refractivity contribution in [3.63, 3.8) is 0 Å². The highest BCUT2D eigenvalue weighted by atomic mass is 35.5. The molecule has 0 saturated heterocycles. The monoisotopic (exact) mass is 357 g/mol. The van der Waals surface area contributed by atoms with Crippen LogP contribution in [0.2, 0.25) is 0 Å². The van der Waals surface area contributed by atoms with E-state index in [-0.39, 0.29) is 12.4 Å². The molecule has 1 aromatic heterocycles. The van der Waals surface area contributed by atoms with Crippen molar-refractivity contribution in [3.8, 4) is 5.75 Å². The van der Waals surface area contributed by atoms with E-state index in [0.717, 1.165) is 41.7 Å². The molecule has 5 heteroatoms. The zero-order valence-electron chi connectivity index (χ0n) is 14.6. The summed E-state index contributed by atoms with van der Waals surface area (Å²) in [4.78, 5) is 4.41. The molecule has 3 N–H and O–H groups in total. The van der Waals surface area contributed by atoms with Crippen molar-refractivity contribution in [2.45, 2.75) is 19.9 Å². The van der Waals surface area contributed by atoms with Crippen LogP contribution in [0.1, 0.15) is 16.7 Å². The Labute approximate surface area is 154 Å². The van der Waals surface area contributed by atoms with Crippen LogP contribution in [0.3, 0.4) is 0 Å². The summed E-state index contributed by atoms with van der Waals surface area (Å²) in [6.45, 7) is 3.76. The molecule has 0 bridgehead atoms. The van der Waals surface area contributed by atoms with Crippen LogP contribution in [-0.2, 0) is 13.0 Å². The van der Waals surface area contributed by atoms with Crippen molar-refractivity contribution in [2.75, 3.05) is 19.4 Å². The molecule has 3 aromatic rings. The molecule has 0 radical (unpaired) electrons. The fourth-order valence-corrected chi connectivity index (χ4v) is 2.71. The summed E-state index contributed by atoms with van der Waals surface area (Å²) in [6, 6.07) is 16.6. The SMILES string of the molecule is COc1ccc(CCNCc2ccc3nc(N)c(C)cc3c2)cc1.Cl. The van der Waals surface area contributed by atoms with Gasteiger partial charge in [-0.2, -0.15) is 0 Å². The van der Waals surface area contributed by atoms with Crippen LogP contribution in [0.15, 0.2) is 48.5 Å². The van der Waals surface area contributed by atoms with Gasteiger partial charge in [-0.3, -0.25) is 0 Å². The van der Waals surface area contributed by atoms with Gasteiger partial charge in [0.05, 0.1) is 12.6 Å². The number of fused-ring (bicyclic) bond motifs is 1. The van der Waals surface area contributed by atoms with Crippen molar-refractivity contribution in [2.24, 2.45) is 0 Å². The Morgan fingerprint density at radius 2 is 1.76 bits per heavy atom. The van der Waals surface area contributed by atoms with Gasteiger partial charge in [0.1, 0.15) is 11.6 Å². The summed E-state index contributed by atoms with van der Waals surface area (Å²) in [5, 5.41) is 4.63. The first-order chi connectivity index (χ1) is 11.7. The summed E-state index contributed by atoms with van der Waals surface area (Å²) in [7, 11) is 1.69. The molecule has 0 amide bonds. The number of nitrogens with zero attached hydrogens (tertiary/aromatic N) is 1. The molecule has 2 aromatic carbocycles. The number of aromatic nitrogens is 1. The highest BCUT2D eigenvalue weighted by Gasteiger charge is 2.02. The number of aryl methyl sites for hydroxylation is 1. The number of anilines is 1. The first-order valence-electron chi connectivity index (χ1n) is 8.15. The van der Waals surface area contributed by atoms with Gasteiger partial charge in [0, 0.05) is 11.9 Å². The zero-order chi connectivity index (χ0) is 16.9. The van der Waals surface area contributed by atoms with Gasteiger partial charge in [-0.25, -0.2) is 4.98 Å². The molecular weight excluding hydrogens is 334 g/mol. The smallest absolute Gasteiger partial charge is 0.127 e. The average Bonchev–Trinajstić information content (AvgIpc) is 2.60. The Morgan fingerprint density at radius 1 is 1.04 bits per heavy atom. The molecule has 132 valence electrons. The Balaban J connectivity index is 0.00000225. The number of halogens is 1. The molecule has 4 nitrogen and oxygen atoms in total. The summed E-state index contributed by atoms with van der Waals surface area (Å²) < 4.78 is 5.17. The van der Waals surface area contributed by atoms with E-state index in [0.29, 0.717) is 5.82 Å². The number of rotatable bonds is 6. The Kier molecular flexibility index (Phi) is 6.62. The van der Waals surface area contributed by atoms with Crippen molar-refractivity contribution in [1.82, 2.24) is 10.3 Å². The molecule has 0 fully saturated rings. The summed E-state index contributed by atoms with van der Waals surface area (Å²) in [6.07, 6.45) is 0.995. The Morgan fingerprint density at radius 3 is 2.48 bits per heavy atom. The van der Waals surface area contributed by atoms with Crippen LogP contribution in [0, 0.1) is 6.92 Å². The van der Waals surface area contributed by atoms with Crippen molar-refractivity contribution >= 4 is 29.1 Å². The third-order valence-electron chi connectivity index (χ3n) is 4.19. The fourth-order valence-electron chi connectivity index (χ4n) is 2.71. The van der Waals surface area contributed by atoms with E-state index in [9.17, 15) is 0 Å². The topological polar surface area (TPSA) is 60.2 Å². The highest BCUT2D eigenvalue weighted by Crippen LogP contribution is 2.19. The third kappa shape index (κ3) is 4.84. The van der Waals surface area contributed by atoms with E-state index >= 15 is 0 Å². The van der Waals surface area contributed by atoms with Gasteiger partial charge in [0.2, 0.25) is 0 Å². The molecule has 25 heavy (non-hydrogen) atoms. The van der Waals surface area contributed by atoms with Gasteiger partial charge in [-0.05, 0) is 66.9 Å². The minimum absolute atomic E-state index is 0. The quantitative estimate of drug-likeness (QED) is 0.657. The molecule has 0 aliphatic heterocycles. The lowest BCUT2D eigenvalue weighted by Crippen LogP contribution is -2.16. The number of hydrogen-bond acceptors (Lipinski definition) is 4. The molecule has 0 atom stereocenters. The first-order valence-corrected chi connectivity index (χ1v) is 8.15. The second-order valence-corrected chi connectivity index (χ2v) is 5.99. The summed E-state index contributed by atoms with van der Waals surface area (Å²) >= 11 is 0. The van der Waals surface area contributed by atoms with Gasteiger partial charge in [-0.15, -0.1) is 12.4 Å². The van der Waals surface area contributed by atoms with Crippen LogP contribution in [0.4, 0.5) is 5.82 Å². The Bertz CT molecular complexity index is 834. The van der Waals surface area contributed by atoms with E-state index in [2.05, 4.69) is 40.6 Å². The van der Waals surface area contributed by atoms with E-state index in [1.807, 2.05) is 25.1 Å². The standard InChI is InChI=1S/C20H23N3O.ClH/c1-14-11-17-12-16(5-8-19(17)23-20(14)21)13-22-10-9-15-3-6-18(24-2)7-4-15;/h3-8,11-12,22H,9-10,13H2,1-2H3,(H2,21,23);1H. The molecule has 0 saturated carbocycles. The van der Waals surface area contributed by atoms with Crippen LogP contribution < -0.4 is 15.8 Å². The second kappa shape index (κ2) is 8.70. The number of ether oxygens (including phenoxy) is 1. The highest BCUT2D eigenvalue weighted by molar-refractivity contribution is 5.85. The maximum Gasteiger partial charge on any atom is 0.127 e. The number of hydrogen-bond donors (Lipinski definition) is 2. The average molecular weight is 358 g/mol. The first kappa shape index (κ1) is 19.0. The van der Waals surface area contributed by atoms with Crippen molar-refractivity contribution < 1.29 is 4.74 Å². The van der Waals surface area contributed by atoms with Crippen LogP contribution in [0.25, 0.3) is 10.9 Å². The largest absolute Gasteiger partial charge is 0.497 e. The lowest BCUT2D eigenvalue weighted by atomic mass is 10.1. The van der Waals surface area contributed by atoms with Crippen molar-refractivity contribution in [3.05, 3.63) is 65.2 Å². The third-order valence-corrected chi connectivity index (χ3v) is 4.19. The van der Waals surface area contributed by atoms with Gasteiger partial charge in [0.15, 0.2) is 0 Å². The predicted molar refractivity (Wildman–Crippen MR) is 107 cm³/mol. The summed E-state index contributed by atoms with van der Waals surface area (Å²) in [5.74, 6) is 1.50. The molecular formula is C20H24ClN3O. The molecule has 0 unspecified atom stereocenters. The van der Waals surface area contributed by atoms with E-state index in [1.54, 1.807) is 7.11 Å². The van der Waals surface area contributed by atoms with Crippen molar-refractivity contribution in [1.29, 1.82) is 0 Å². The van der Waals surface area contributed by atoms with E-state index in [4.69, 9.17) is 10.5 Å². The Hall–Kier alpha value is -2.30. The van der Waals surface area contributed by atoms with Gasteiger partial charge >= 0.3 is 0 Å². The number of nitrogen functional groups attached to an aromatic ring is 1. The van der Waals surface area contributed by atoms with Crippen LogP contribution in [0.5, 0.6) is 5.75 Å². The van der Waals surface area contributed by atoms with Crippen LogP contribution in [-0.4, -0.2) is 18.6 Å². The van der Waals surface area contributed by atoms with E-state index < -0.39 is 0 Å². The molecule has 0 spiro atoms. The van der Waals surface area contributed by atoms with Gasteiger partial charge in [0.25, 0.3) is 0 Å². The van der Waals surface area contributed by atoms with Crippen LogP contribution >= 0.6 is 12.4 Å². The zero-order valence-corrected chi connectivity index (χ0v) is 15.4.